The third kappa shape index (κ3) is 29.7. The normalized spacial score (nSPS) is 20.6. The zero-order chi connectivity index (χ0) is 41.6. The summed E-state index contributed by atoms with van der Waals surface area (Å²) in [6, 6.07) is 0. The van der Waals surface area contributed by atoms with E-state index in [0.29, 0.717) is 6.42 Å². The van der Waals surface area contributed by atoms with E-state index >= 15 is 0 Å². The summed E-state index contributed by atoms with van der Waals surface area (Å²) in [6.45, 7) is 3.37. The molecule has 0 aromatic carbocycles. The van der Waals surface area contributed by atoms with Crippen molar-refractivity contribution in [1.29, 1.82) is 0 Å². The third-order valence-corrected chi connectivity index (χ3v) is 10.5. The van der Waals surface area contributed by atoms with Crippen molar-refractivity contribution in [3.63, 3.8) is 0 Å². The number of carbonyl (C=O) groups excluding carboxylic acids is 2. The molecule has 1 fully saturated rings. The highest BCUT2D eigenvalue weighted by Gasteiger charge is 2.44. The van der Waals surface area contributed by atoms with Crippen LogP contribution in [-0.2, 0) is 28.5 Å². The van der Waals surface area contributed by atoms with Gasteiger partial charge in [-0.2, -0.15) is 0 Å². The Morgan fingerprint density at radius 3 is 1.53 bits per heavy atom. The zero-order valence-electron chi connectivity index (χ0n) is 36.1. The third-order valence-electron chi connectivity index (χ3n) is 10.5. The number of rotatable bonds is 38. The molecular weight excluding hydrogens is 725 g/mol. The maximum atomic E-state index is 12.8. The van der Waals surface area contributed by atoms with Crippen molar-refractivity contribution >= 4 is 11.9 Å². The van der Waals surface area contributed by atoms with Crippen molar-refractivity contribution in [2.24, 2.45) is 0 Å². The van der Waals surface area contributed by atoms with E-state index in [1.54, 1.807) is 0 Å². The number of esters is 2. The lowest BCUT2D eigenvalue weighted by Crippen LogP contribution is -2.59. The first kappa shape index (κ1) is 52.9. The molecule has 0 saturated carbocycles. The molecule has 332 valence electrons. The van der Waals surface area contributed by atoms with Crippen LogP contribution in [0.2, 0.25) is 0 Å². The van der Waals surface area contributed by atoms with Crippen LogP contribution < -0.4 is 0 Å². The van der Waals surface area contributed by atoms with Gasteiger partial charge in [-0.15, -0.1) is 0 Å². The molecular formula is C47H84O10. The molecule has 0 bridgehead atoms. The number of aliphatic hydroxyl groups is 4. The van der Waals surface area contributed by atoms with Crippen LogP contribution in [0.3, 0.4) is 0 Å². The minimum absolute atomic E-state index is 0.213. The fraction of sp³-hybridized carbons (Fsp3) is 0.830. The highest BCUT2D eigenvalue weighted by molar-refractivity contribution is 5.70. The van der Waals surface area contributed by atoms with E-state index in [2.05, 4.69) is 50.3 Å². The SMILES string of the molecule is CCCC/C=C\C/C=C\CCCCCCCC(=O)OC(COC(=O)CCCCCCCCC/C=C\CCCCCCCCC)COC1OC(CO)C(O)C(O)C1O. The van der Waals surface area contributed by atoms with Gasteiger partial charge >= 0.3 is 11.9 Å². The predicted molar refractivity (Wildman–Crippen MR) is 229 cm³/mol. The Bertz CT molecular complexity index is 1030. The molecule has 10 heteroatoms. The van der Waals surface area contributed by atoms with Crippen molar-refractivity contribution < 1.29 is 49.0 Å². The van der Waals surface area contributed by atoms with Gasteiger partial charge in [-0.1, -0.05) is 153 Å². The Morgan fingerprint density at radius 1 is 0.544 bits per heavy atom. The monoisotopic (exact) mass is 809 g/mol. The molecule has 1 aliphatic heterocycles. The van der Waals surface area contributed by atoms with E-state index < -0.39 is 49.4 Å². The first-order chi connectivity index (χ1) is 27.8. The summed E-state index contributed by atoms with van der Waals surface area (Å²) in [5.41, 5.74) is 0. The van der Waals surface area contributed by atoms with E-state index in [0.717, 1.165) is 77.0 Å². The van der Waals surface area contributed by atoms with Gasteiger partial charge in [0.2, 0.25) is 0 Å². The first-order valence-corrected chi connectivity index (χ1v) is 23.1. The van der Waals surface area contributed by atoms with E-state index in [9.17, 15) is 30.0 Å². The van der Waals surface area contributed by atoms with Crippen molar-refractivity contribution in [3.05, 3.63) is 36.5 Å². The zero-order valence-corrected chi connectivity index (χ0v) is 36.1. The smallest absolute Gasteiger partial charge is 0.306 e. The molecule has 0 aromatic heterocycles. The lowest BCUT2D eigenvalue weighted by molar-refractivity contribution is -0.305. The van der Waals surface area contributed by atoms with Gasteiger partial charge in [-0.05, 0) is 64.2 Å². The molecule has 0 aromatic rings. The summed E-state index contributed by atoms with van der Waals surface area (Å²) in [7, 11) is 0. The number of hydrogen-bond donors (Lipinski definition) is 4. The Balaban J connectivity index is 2.32. The number of hydrogen-bond acceptors (Lipinski definition) is 10. The van der Waals surface area contributed by atoms with Crippen molar-refractivity contribution in [3.8, 4) is 0 Å². The van der Waals surface area contributed by atoms with Crippen LogP contribution in [0, 0.1) is 0 Å². The highest BCUT2D eigenvalue weighted by Crippen LogP contribution is 2.22. The van der Waals surface area contributed by atoms with Gasteiger partial charge in [0, 0.05) is 12.8 Å². The van der Waals surface area contributed by atoms with Crippen molar-refractivity contribution in [1.82, 2.24) is 0 Å². The first-order valence-electron chi connectivity index (χ1n) is 23.1. The largest absolute Gasteiger partial charge is 0.462 e. The summed E-state index contributed by atoms with van der Waals surface area (Å²) in [5, 5.41) is 40.1. The van der Waals surface area contributed by atoms with Gasteiger partial charge in [0.1, 0.15) is 31.0 Å². The molecule has 1 rings (SSSR count). The van der Waals surface area contributed by atoms with E-state index in [-0.39, 0.29) is 32.0 Å². The average molecular weight is 809 g/mol. The summed E-state index contributed by atoms with van der Waals surface area (Å²) in [5.74, 6) is -0.826. The summed E-state index contributed by atoms with van der Waals surface area (Å²) >= 11 is 0. The Morgan fingerprint density at radius 2 is 1.00 bits per heavy atom. The maximum absolute atomic E-state index is 12.8. The molecule has 0 spiro atoms. The Labute approximate surface area is 346 Å². The van der Waals surface area contributed by atoms with Crippen LogP contribution in [0.5, 0.6) is 0 Å². The maximum Gasteiger partial charge on any atom is 0.306 e. The molecule has 10 nitrogen and oxygen atoms in total. The molecule has 1 saturated heterocycles. The van der Waals surface area contributed by atoms with E-state index in [1.165, 1.54) is 83.5 Å². The van der Waals surface area contributed by atoms with Crippen LogP contribution in [0.1, 0.15) is 194 Å². The molecule has 1 aliphatic rings. The van der Waals surface area contributed by atoms with Crippen LogP contribution >= 0.6 is 0 Å². The Hall–Kier alpha value is -2.08. The molecule has 1 heterocycles. The minimum atomic E-state index is -1.60. The second-order valence-electron chi connectivity index (χ2n) is 15.8. The van der Waals surface area contributed by atoms with Crippen molar-refractivity contribution in [2.75, 3.05) is 19.8 Å². The van der Waals surface area contributed by atoms with Gasteiger partial charge in [-0.3, -0.25) is 9.59 Å². The fourth-order valence-electron chi connectivity index (χ4n) is 6.79. The lowest BCUT2D eigenvalue weighted by atomic mass is 9.99. The number of ether oxygens (including phenoxy) is 4. The van der Waals surface area contributed by atoms with Gasteiger partial charge in [0.05, 0.1) is 13.2 Å². The highest BCUT2D eigenvalue weighted by atomic mass is 16.7. The minimum Gasteiger partial charge on any atom is -0.462 e. The van der Waals surface area contributed by atoms with Crippen LogP contribution in [0.15, 0.2) is 36.5 Å². The van der Waals surface area contributed by atoms with E-state index in [4.69, 9.17) is 18.9 Å². The van der Waals surface area contributed by atoms with Crippen LogP contribution in [-0.4, -0.2) is 89.0 Å². The quantitative estimate of drug-likeness (QED) is 0.0270. The van der Waals surface area contributed by atoms with Gasteiger partial charge in [0.25, 0.3) is 0 Å². The Kier molecular flexibility index (Phi) is 35.4. The molecule has 6 atom stereocenters. The van der Waals surface area contributed by atoms with Gasteiger partial charge in [-0.25, -0.2) is 0 Å². The second kappa shape index (κ2) is 38.1. The average Bonchev–Trinajstić information content (AvgIpc) is 3.21. The molecule has 0 amide bonds. The standard InChI is InChI=1S/C47H84O10/c1-3-5-7-9-11-13-15-17-19-20-21-22-24-25-27-29-31-33-35-42(49)54-38-40(39-55-47-46(53)45(52)44(51)41(37-48)57-47)56-43(50)36-34-32-30-28-26-23-18-16-14-12-10-8-6-4-2/h10,12,16,18-20,40-41,44-48,51-53H,3-9,11,13-15,17,21-39H2,1-2H3/b12-10-,18-16-,20-19-. The molecule has 6 unspecified atom stereocenters. The fourth-order valence-corrected chi connectivity index (χ4v) is 6.79. The van der Waals surface area contributed by atoms with Gasteiger partial charge in [0.15, 0.2) is 12.4 Å². The topological polar surface area (TPSA) is 152 Å². The second-order valence-corrected chi connectivity index (χ2v) is 15.8. The summed E-state index contributed by atoms with van der Waals surface area (Å²) < 4.78 is 22.1. The predicted octanol–water partition coefficient (Wildman–Crippen LogP) is 9.89. The van der Waals surface area contributed by atoms with Gasteiger partial charge < -0.3 is 39.4 Å². The van der Waals surface area contributed by atoms with Crippen LogP contribution in [0.4, 0.5) is 0 Å². The summed E-state index contributed by atoms with van der Waals surface area (Å²) in [4.78, 5) is 25.3. The number of carbonyl (C=O) groups is 2. The van der Waals surface area contributed by atoms with E-state index in [1.807, 2.05) is 0 Å². The molecule has 4 N–H and O–H groups in total. The molecule has 57 heavy (non-hydrogen) atoms. The number of aliphatic hydroxyl groups excluding tert-OH is 4. The number of allylic oxidation sites excluding steroid dienone is 6. The van der Waals surface area contributed by atoms with Crippen LogP contribution in [0.25, 0.3) is 0 Å². The summed E-state index contributed by atoms with van der Waals surface area (Å²) in [6.07, 6.45) is 35.7. The lowest BCUT2D eigenvalue weighted by Gasteiger charge is -2.39. The van der Waals surface area contributed by atoms with Crippen molar-refractivity contribution in [2.45, 2.75) is 230 Å². The molecule has 0 radical (unpaired) electrons. The number of unbranched alkanes of at least 4 members (excludes halogenated alkanes) is 21. The molecule has 0 aliphatic carbocycles.